The van der Waals surface area contributed by atoms with Gasteiger partial charge in [-0.05, 0) is 18.8 Å². The summed E-state index contributed by atoms with van der Waals surface area (Å²) in [6, 6.07) is 0. The number of aromatic nitrogens is 3. The summed E-state index contributed by atoms with van der Waals surface area (Å²) in [5, 5.41) is 16.6. The van der Waals surface area contributed by atoms with Crippen molar-refractivity contribution in [3.8, 4) is 0 Å². The molecule has 1 saturated heterocycles. The quantitative estimate of drug-likeness (QED) is 0.713. The monoisotopic (exact) mass is 289 g/mol. The Morgan fingerprint density at radius 3 is 3.00 bits per heavy atom. The maximum atomic E-state index is 12.1. The SMILES string of the molecule is Cn1cnnc1CNS(=O)(=O)N1CCCC(CO)C1. The van der Waals surface area contributed by atoms with E-state index in [0.717, 1.165) is 12.8 Å². The lowest BCUT2D eigenvalue weighted by Gasteiger charge is -2.30. The maximum absolute atomic E-state index is 12.1. The van der Waals surface area contributed by atoms with Gasteiger partial charge in [0.2, 0.25) is 0 Å². The highest BCUT2D eigenvalue weighted by molar-refractivity contribution is 7.87. The fraction of sp³-hybridized carbons (Fsp3) is 0.800. The topological polar surface area (TPSA) is 100 Å². The first-order valence-electron chi connectivity index (χ1n) is 6.21. The van der Waals surface area contributed by atoms with Crippen LogP contribution in [-0.2, 0) is 23.8 Å². The Morgan fingerprint density at radius 1 is 1.58 bits per heavy atom. The molecular weight excluding hydrogens is 270 g/mol. The summed E-state index contributed by atoms with van der Waals surface area (Å²) < 4.78 is 29.8. The molecule has 0 spiro atoms. The predicted octanol–water partition coefficient (Wildman–Crippen LogP) is -1.15. The van der Waals surface area contributed by atoms with Crippen LogP contribution in [0.15, 0.2) is 6.33 Å². The van der Waals surface area contributed by atoms with Crippen molar-refractivity contribution in [1.82, 2.24) is 23.8 Å². The number of piperidine rings is 1. The number of aliphatic hydroxyl groups excluding tert-OH is 1. The molecule has 0 aliphatic carbocycles. The van der Waals surface area contributed by atoms with Crippen molar-refractivity contribution in [2.24, 2.45) is 13.0 Å². The van der Waals surface area contributed by atoms with E-state index in [1.807, 2.05) is 0 Å². The van der Waals surface area contributed by atoms with Crippen molar-refractivity contribution in [2.45, 2.75) is 19.4 Å². The number of rotatable bonds is 5. The molecule has 2 heterocycles. The molecule has 2 N–H and O–H groups in total. The van der Waals surface area contributed by atoms with Crippen LogP contribution in [0.3, 0.4) is 0 Å². The van der Waals surface area contributed by atoms with E-state index >= 15 is 0 Å². The molecule has 1 unspecified atom stereocenters. The lowest BCUT2D eigenvalue weighted by Crippen LogP contribution is -2.46. The normalized spacial score (nSPS) is 21.7. The van der Waals surface area contributed by atoms with Crippen LogP contribution in [0.5, 0.6) is 0 Å². The molecule has 1 aliphatic rings. The lowest BCUT2D eigenvalue weighted by molar-refractivity contribution is 0.164. The van der Waals surface area contributed by atoms with Crippen molar-refractivity contribution in [3.05, 3.63) is 12.2 Å². The van der Waals surface area contributed by atoms with E-state index in [-0.39, 0.29) is 19.1 Å². The molecule has 2 rings (SSSR count). The van der Waals surface area contributed by atoms with E-state index in [4.69, 9.17) is 5.11 Å². The summed E-state index contributed by atoms with van der Waals surface area (Å²) >= 11 is 0. The fourth-order valence-corrected chi connectivity index (χ4v) is 3.38. The number of hydrogen-bond donors (Lipinski definition) is 2. The third-order valence-corrected chi connectivity index (χ3v) is 4.82. The summed E-state index contributed by atoms with van der Waals surface area (Å²) in [7, 11) is -1.77. The van der Waals surface area contributed by atoms with Crippen LogP contribution >= 0.6 is 0 Å². The highest BCUT2D eigenvalue weighted by Gasteiger charge is 2.28. The molecule has 108 valence electrons. The van der Waals surface area contributed by atoms with Gasteiger partial charge < -0.3 is 9.67 Å². The molecule has 0 radical (unpaired) electrons. The maximum Gasteiger partial charge on any atom is 0.279 e. The zero-order chi connectivity index (χ0) is 13.9. The van der Waals surface area contributed by atoms with Gasteiger partial charge >= 0.3 is 0 Å². The van der Waals surface area contributed by atoms with E-state index in [1.165, 1.54) is 10.6 Å². The van der Waals surface area contributed by atoms with Crippen LogP contribution in [-0.4, -0.2) is 52.3 Å². The van der Waals surface area contributed by atoms with Crippen molar-refractivity contribution in [2.75, 3.05) is 19.7 Å². The van der Waals surface area contributed by atoms with Gasteiger partial charge in [0.25, 0.3) is 10.2 Å². The van der Waals surface area contributed by atoms with E-state index in [9.17, 15) is 8.42 Å². The third kappa shape index (κ3) is 3.50. The smallest absolute Gasteiger partial charge is 0.279 e. The Morgan fingerprint density at radius 2 is 2.37 bits per heavy atom. The van der Waals surface area contributed by atoms with E-state index in [2.05, 4.69) is 14.9 Å². The molecular formula is C10H19N5O3S. The Labute approximate surface area is 112 Å². The highest BCUT2D eigenvalue weighted by Crippen LogP contribution is 2.17. The van der Waals surface area contributed by atoms with Gasteiger partial charge in [-0.15, -0.1) is 10.2 Å². The fourth-order valence-electron chi connectivity index (χ4n) is 2.11. The molecule has 9 heteroatoms. The van der Waals surface area contributed by atoms with Gasteiger partial charge in [0.15, 0.2) is 0 Å². The van der Waals surface area contributed by atoms with Crippen LogP contribution in [0.4, 0.5) is 0 Å². The summed E-state index contributed by atoms with van der Waals surface area (Å²) in [5.41, 5.74) is 0. The second-order valence-electron chi connectivity index (χ2n) is 4.73. The molecule has 1 aliphatic heterocycles. The summed E-state index contributed by atoms with van der Waals surface area (Å²) in [6.45, 7) is 0.990. The number of nitrogens with one attached hydrogen (secondary N) is 1. The van der Waals surface area contributed by atoms with E-state index < -0.39 is 10.2 Å². The van der Waals surface area contributed by atoms with Crippen LogP contribution < -0.4 is 4.72 Å². The average molecular weight is 289 g/mol. The van der Waals surface area contributed by atoms with Gasteiger partial charge in [0, 0.05) is 26.7 Å². The number of hydrogen-bond acceptors (Lipinski definition) is 5. The predicted molar refractivity (Wildman–Crippen MR) is 68.1 cm³/mol. The standard InChI is InChI=1S/C10H19N5O3S/c1-14-8-11-13-10(14)5-12-19(17,18)15-4-2-3-9(6-15)7-16/h8-9,12,16H,2-7H2,1H3. The van der Waals surface area contributed by atoms with E-state index in [0.29, 0.717) is 18.9 Å². The van der Waals surface area contributed by atoms with Crippen molar-refractivity contribution in [3.63, 3.8) is 0 Å². The Balaban J connectivity index is 1.96. The lowest BCUT2D eigenvalue weighted by atomic mass is 10.0. The second kappa shape index (κ2) is 5.95. The van der Waals surface area contributed by atoms with Gasteiger partial charge in [0.1, 0.15) is 12.2 Å². The van der Waals surface area contributed by atoms with Gasteiger partial charge in [-0.1, -0.05) is 0 Å². The zero-order valence-electron chi connectivity index (χ0n) is 10.9. The molecule has 8 nitrogen and oxygen atoms in total. The summed E-state index contributed by atoms with van der Waals surface area (Å²) in [4.78, 5) is 0. The van der Waals surface area contributed by atoms with E-state index in [1.54, 1.807) is 11.6 Å². The molecule has 0 aromatic carbocycles. The minimum absolute atomic E-state index is 0.0231. The zero-order valence-corrected chi connectivity index (χ0v) is 11.7. The third-order valence-electron chi connectivity index (χ3n) is 3.30. The summed E-state index contributed by atoms with van der Waals surface area (Å²) in [5.74, 6) is 0.583. The molecule has 19 heavy (non-hydrogen) atoms. The minimum atomic E-state index is -3.53. The minimum Gasteiger partial charge on any atom is -0.396 e. The largest absolute Gasteiger partial charge is 0.396 e. The molecule has 0 amide bonds. The first kappa shape index (κ1) is 14.4. The number of nitrogens with zero attached hydrogens (tertiary/aromatic N) is 4. The molecule has 0 saturated carbocycles. The van der Waals surface area contributed by atoms with Crippen LogP contribution in [0.2, 0.25) is 0 Å². The second-order valence-corrected chi connectivity index (χ2v) is 6.49. The Hall–Kier alpha value is -1.03. The molecule has 1 aromatic heterocycles. The molecule has 1 atom stereocenters. The summed E-state index contributed by atoms with van der Waals surface area (Å²) in [6.07, 6.45) is 3.16. The van der Waals surface area contributed by atoms with Crippen LogP contribution in [0.25, 0.3) is 0 Å². The first-order valence-corrected chi connectivity index (χ1v) is 7.65. The van der Waals surface area contributed by atoms with Crippen molar-refractivity contribution in [1.29, 1.82) is 0 Å². The average Bonchev–Trinajstić information content (AvgIpc) is 2.82. The Kier molecular flexibility index (Phi) is 4.50. The van der Waals surface area contributed by atoms with Crippen LogP contribution in [0, 0.1) is 5.92 Å². The Bertz CT molecular complexity index is 515. The van der Waals surface area contributed by atoms with Gasteiger partial charge in [-0.2, -0.15) is 17.4 Å². The molecule has 1 aromatic rings. The first-order chi connectivity index (χ1) is 9.03. The van der Waals surface area contributed by atoms with Gasteiger partial charge in [-0.3, -0.25) is 0 Å². The van der Waals surface area contributed by atoms with Crippen molar-refractivity contribution < 1.29 is 13.5 Å². The van der Waals surface area contributed by atoms with Gasteiger partial charge in [-0.25, -0.2) is 0 Å². The number of aryl methyl sites for hydroxylation is 1. The highest BCUT2D eigenvalue weighted by atomic mass is 32.2. The van der Waals surface area contributed by atoms with Crippen LogP contribution in [0.1, 0.15) is 18.7 Å². The molecule has 0 bridgehead atoms. The van der Waals surface area contributed by atoms with Gasteiger partial charge in [0.05, 0.1) is 6.54 Å². The van der Waals surface area contributed by atoms with Crippen molar-refractivity contribution >= 4 is 10.2 Å². The molecule has 1 fully saturated rings. The number of aliphatic hydroxyl groups is 1.